The van der Waals surface area contributed by atoms with Gasteiger partial charge in [0.2, 0.25) is 5.95 Å². The van der Waals surface area contributed by atoms with Gasteiger partial charge in [-0.1, -0.05) is 12.1 Å². The number of aromatic nitrogens is 2. The lowest BCUT2D eigenvalue weighted by atomic mass is 9.83. The summed E-state index contributed by atoms with van der Waals surface area (Å²) in [4.78, 5) is 8.96. The molecule has 0 saturated heterocycles. The maximum absolute atomic E-state index is 14.1. The van der Waals surface area contributed by atoms with Crippen molar-refractivity contribution in [3.8, 4) is 11.3 Å². The molecule has 1 aromatic carbocycles. The van der Waals surface area contributed by atoms with Gasteiger partial charge in [0.1, 0.15) is 5.82 Å². The summed E-state index contributed by atoms with van der Waals surface area (Å²) >= 11 is 0. The number of nitrogens with zero attached hydrogens (tertiary/aromatic N) is 2. The van der Waals surface area contributed by atoms with E-state index in [1.54, 1.807) is 18.3 Å². The van der Waals surface area contributed by atoms with Gasteiger partial charge in [-0.2, -0.15) is 0 Å². The summed E-state index contributed by atoms with van der Waals surface area (Å²) in [7, 11) is 0. The molecule has 5 heteroatoms. The average Bonchev–Trinajstić information content (AvgIpc) is 3.21. The van der Waals surface area contributed by atoms with Gasteiger partial charge in [-0.3, -0.25) is 0 Å². The second-order valence-electron chi connectivity index (χ2n) is 7.30. The minimum atomic E-state index is -0.257. The third-order valence-corrected chi connectivity index (χ3v) is 5.67. The summed E-state index contributed by atoms with van der Waals surface area (Å²) in [5.74, 6) is 0.326. The molecule has 1 aromatic heterocycles. The molecule has 1 spiro atoms. The highest BCUT2D eigenvalue weighted by molar-refractivity contribution is 5.64. The van der Waals surface area contributed by atoms with Crippen LogP contribution in [-0.4, -0.2) is 22.1 Å². The van der Waals surface area contributed by atoms with E-state index in [0.29, 0.717) is 34.7 Å². The fourth-order valence-electron chi connectivity index (χ4n) is 3.91. The summed E-state index contributed by atoms with van der Waals surface area (Å²) in [6.45, 7) is 1.91. The molecule has 2 aromatic rings. The van der Waals surface area contributed by atoms with E-state index >= 15 is 0 Å². The Morgan fingerprint density at radius 3 is 2.62 bits per heavy atom. The number of anilines is 1. The maximum Gasteiger partial charge on any atom is 0.223 e. The van der Waals surface area contributed by atoms with E-state index in [4.69, 9.17) is 5.73 Å². The second-order valence-corrected chi connectivity index (χ2v) is 7.30. The number of rotatable bonds is 3. The molecule has 1 heterocycles. The lowest BCUT2D eigenvalue weighted by molar-refractivity contribution is 0.307. The van der Waals surface area contributed by atoms with Crippen LogP contribution in [0.3, 0.4) is 0 Å². The first-order valence-electron chi connectivity index (χ1n) is 8.68. The minimum Gasteiger partial charge on any atom is -0.351 e. The highest BCUT2D eigenvalue weighted by Crippen LogP contribution is 2.55. The molecule has 2 aliphatic rings. The van der Waals surface area contributed by atoms with Gasteiger partial charge in [-0.15, -0.1) is 0 Å². The lowest BCUT2D eigenvalue weighted by Gasteiger charge is -2.29. The van der Waals surface area contributed by atoms with Crippen molar-refractivity contribution in [3.05, 3.63) is 41.8 Å². The first-order valence-corrected chi connectivity index (χ1v) is 8.68. The zero-order chi connectivity index (χ0) is 16.7. The predicted octanol–water partition coefficient (Wildman–Crippen LogP) is 3.66. The van der Waals surface area contributed by atoms with Gasteiger partial charge in [0.25, 0.3) is 0 Å². The van der Waals surface area contributed by atoms with E-state index in [2.05, 4.69) is 15.3 Å². The first-order chi connectivity index (χ1) is 11.6. The minimum absolute atomic E-state index is 0.257. The molecule has 2 fully saturated rings. The largest absolute Gasteiger partial charge is 0.351 e. The van der Waals surface area contributed by atoms with Gasteiger partial charge >= 0.3 is 0 Å². The van der Waals surface area contributed by atoms with Crippen LogP contribution in [-0.2, 0) is 0 Å². The van der Waals surface area contributed by atoms with Crippen LogP contribution in [0.1, 0.15) is 37.7 Å². The fourth-order valence-corrected chi connectivity index (χ4v) is 3.91. The van der Waals surface area contributed by atoms with Crippen LogP contribution < -0.4 is 11.1 Å². The number of halogens is 1. The van der Waals surface area contributed by atoms with Crippen molar-refractivity contribution in [1.82, 2.24) is 9.97 Å². The zero-order valence-electron chi connectivity index (χ0n) is 13.9. The van der Waals surface area contributed by atoms with Gasteiger partial charge in [-0.05, 0) is 62.1 Å². The Hall–Kier alpha value is -2.01. The number of hydrogen-bond acceptors (Lipinski definition) is 4. The standard InChI is InChI=1S/C19H23FN4/c1-12-11-22-18(24-17(12)14-4-2-3-5-15(14)20)23-13-6-8-19(9-7-13)10-16(19)21/h2-5,11,13,16H,6-10,21H2,1H3,(H,22,23,24). The van der Waals surface area contributed by atoms with E-state index in [9.17, 15) is 4.39 Å². The van der Waals surface area contributed by atoms with E-state index in [1.807, 2.05) is 13.0 Å². The third kappa shape index (κ3) is 2.77. The zero-order valence-corrected chi connectivity index (χ0v) is 13.9. The van der Waals surface area contributed by atoms with E-state index < -0.39 is 0 Å². The molecule has 24 heavy (non-hydrogen) atoms. The van der Waals surface area contributed by atoms with Crippen LogP contribution in [0.25, 0.3) is 11.3 Å². The molecule has 0 radical (unpaired) electrons. The van der Waals surface area contributed by atoms with Crippen molar-refractivity contribution in [2.24, 2.45) is 11.1 Å². The normalized spacial score (nSPS) is 28.8. The topological polar surface area (TPSA) is 63.8 Å². The van der Waals surface area contributed by atoms with Crippen LogP contribution in [0.4, 0.5) is 10.3 Å². The molecular formula is C19H23FN4. The van der Waals surface area contributed by atoms with Crippen molar-refractivity contribution in [2.75, 3.05) is 5.32 Å². The molecular weight excluding hydrogens is 303 g/mol. The molecule has 0 amide bonds. The van der Waals surface area contributed by atoms with E-state index in [1.165, 1.54) is 25.3 Å². The summed E-state index contributed by atoms with van der Waals surface area (Å²) in [5, 5.41) is 3.43. The molecule has 0 aliphatic heterocycles. The molecule has 0 bridgehead atoms. The Morgan fingerprint density at radius 2 is 1.96 bits per heavy atom. The van der Waals surface area contributed by atoms with Crippen LogP contribution >= 0.6 is 0 Å². The van der Waals surface area contributed by atoms with Gasteiger partial charge < -0.3 is 11.1 Å². The summed E-state index contributed by atoms with van der Waals surface area (Å²) in [6.07, 6.45) is 7.49. The monoisotopic (exact) mass is 326 g/mol. The second kappa shape index (κ2) is 5.81. The summed E-state index contributed by atoms with van der Waals surface area (Å²) < 4.78 is 14.1. The number of benzene rings is 1. The molecule has 3 N–H and O–H groups in total. The van der Waals surface area contributed by atoms with Gasteiger partial charge in [0.05, 0.1) is 5.69 Å². The molecule has 126 valence electrons. The predicted molar refractivity (Wildman–Crippen MR) is 93.1 cm³/mol. The molecule has 1 atom stereocenters. The van der Waals surface area contributed by atoms with Gasteiger partial charge in [0, 0.05) is 23.8 Å². The van der Waals surface area contributed by atoms with Crippen LogP contribution in [0.5, 0.6) is 0 Å². The Bertz CT molecular complexity index is 753. The lowest BCUT2D eigenvalue weighted by Crippen LogP contribution is -2.30. The van der Waals surface area contributed by atoms with Gasteiger partial charge in [-0.25, -0.2) is 14.4 Å². The number of nitrogens with two attached hydrogens (primary N) is 1. The maximum atomic E-state index is 14.1. The van der Waals surface area contributed by atoms with E-state index in [0.717, 1.165) is 18.4 Å². The van der Waals surface area contributed by atoms with Gasteiger partial charge in [0.15, 0.2) is 0 Å². The highest BCUT2D eigenvalue weighted by atomic mass is 19.1. The number of nitrogens with one attached hydrogen (secondary N) is 1. The van der Waals surface area contributed by atoms with Crippen LogP contribution in [0, 0.1) is 18.2 Å². The van der Waals surface area contributed by atoms with Crippen LogP contribution in [0.2, 0.25) is 0 Å². The Kier molecular flexibility index (Phi) is 3.76. The number of aryl methyl sites for hydroxylation is 1. The summed E-state index contributed by atoms with van der Waals surface area (Å²) in [5.41, 5.74) is 8.53. The van der Waals surface area contributed by atoms with Crippen molar-refractivity contribution >= 4 is 5.95 Å². The molecule has 2 saturated carbocycles. The van der Waals surface area contributed by atoms with Crippen molar-refractivity contribution in [3.63, 3.8) is 0 Å². The molecule has 4 nitrogen and oxygen atoms in total. The van der Waals surface area contributed by atoms with Crippen LogP contribution in [0.15, 0.2) is 30.5 Å². The Morgan fingerprint density at radius 1 is 1.25 bits per heavy atom. The molecule has 1 unspecified atom stereocenters. The Balaban J connectivity index is 1.51. The average molecular weight is 326 g/mol. The molecule has 2 aliphatic carbocycles. The quantitative estimate of drug-likeness (QED) is 0.903. The Labute approximate surface area is 141 Å². The fraction of sp³-hybridized carbons (Fsp3) is 0.474. The number of hydrogen-bond donors (Lipinski definition) is 2. The summed E-state index contributed by atoms with van der Waals surface area (Å²) in [6, 6.07) is 7.51. The smallest absolute Gasteiger partial charge is 0.223 e. The highest BCUT2D eigenvalue weighted by Gasteiger charge is 2.52. The SMILES string of the molecule is Cc1cnc(NC2CCC3(CC2)CC3N)nc1-c1ccccc1F. The first kappa shape index (κ1) is 15.5. The molecule has 4 rings (SSSR count). The van der Waals surface area contributed by atoms with Crippen molar-refractivity contribution in [1.29, 1.82) is 0 Å². The van der Waals surface area contributed by atoms with E-state index in [-0.39, 0.29) is 5.82 Å². The van der Waals surface area contributed by atoms with Crippen molar-refractivity contribution in [2.45, 2.75) is 51.1 Å². The third-order valence-electron chi connectivity index (χ3n) is 5.67. The van der Waals surface area contributed by atoms with Crippen molar-refractivity contribution < 1.29 is 4.39 Å².